The van der Waals surface area contributed by atoms with E-state index in [-0.39, 0.29) is 18.5 Å². The van der Waals surface area contributed by atoms with Crippen LogP contribution in [0, 0.1) is 23.5 Å². The van der Waals surface area contributed by atoms with E-state index in [0.29, 0.717) is 32.0 Å². The highest BCUT2D eigenvalue weighted by Crippen LogP contribution is 2.25. The van der Waals surface area contributed by atoms with Crippen LogP contribution >= 0.6 is 0 Å². The van der Waals surface area contributed by atoms with Crippen molar-refractivity contribution in [2.75, 3.05) is 26.4 Å². The van der Waals surface area contributed by atoms with Crippen molar-refractivity contribution in [2.45, 2.75) is 51.6 Å². The summed E-state index contributed by atoms with van der Waals surface area (Å²) in [7, 11) is 0. The van der Waals surface area contributed by atoms with Gasteiger partial charge in [0.1, 0.15) is 0 Å². The molecular formula is C20H28F2O4. The number of rotatable bonds is 7. The molecule has 0 aromatic heterocycles. The quantitative estimate of drug-likeness (QED) is 0.725. The average molecular weight is 370 g/mol. The number of benzene rings is 1. The lowest BCUT2D eigenvalue weighted by Crippen LogP contribution is -2.44. The van der Waals surface area contributed by atoms with E-state index in [1.54, 1.807) is 6.07 Å². The Morgan fingerprint density at radius 3 is 2.31 bits per heavy atom. The van der Waals surface area contributed by atoms with Gasteiger partial charge in [-0.15, -0.1) is 0 Å². The zero-order valence-electron chi connectivity index (χ0n) is 15.3. The number of halogens is 2. The highest BCUT2D eigenvalue weighted by Gasteiger charge is 2.33. The molecule has 0 aliphatic carbocycles. The number of hydrogen-bond acceptors (Lipinski definition) is 4. The molecule has 2 saturated heterocycles. The van der Waals surface area contributed by atoms with Crippen molar-refractivity contribution in [2.24, 2.45) is 11.8 Å². The third kappa shape index (κ3) is 5.46. The van der Waals surface area contributed by atoms with Crippen molar-refractivity contribution in [1.29, 1.82) is 0 Å². The van der Waals surface area contributed by atoms with Crippen molar-refractivity contribution in [3.63, 3.8) is 0 Å². The topological polar surface area (TPSA) is 36.9 Å². The molecule has 0 atom stereocenters. The SMILES string of the molecule is CCCC[C@H]1CO[C@H]([C@H]2CO[C@H](CCc3ccc(F)c(F)c3)OC2)OC1. The second-order valence-corrected chi connectivity index (χ2v) is 7.19. The first-order chi connectivity index (χ1) is 12.7. The van der Waals surface area contributed by atoms with Crippen molar-refractivity contribution < 1.29 is 27.7 Å². The summed E-state index contributed by atoms with van der Waals surface area (Å²) in [6.07, 6.45) is 4.12. The summed E-state index contributed by atoms with van der Waals surface area (Å²) in [6, 6.07) is 3.96. The first-order valence-electron chi connectivity index (χ1n) is 9.56. The Kier molecular flexibility index (Phi) is 7.37. The molecule has 0 unspecified atom stereocenters. The summed E-state index contributed by atoms with van der Waals surface area (Å²) in [4.78, 5) is 0. The summed E-state index contributed by atoms with van der Waals surface area (Å²) < 4.78 is 49.4. The molecule has 0 radical (unpaired) electrons. The van der Waals surface area contributed by atoms with Crippen molar-refractivity contribution >= 4 is 0 Å². The van der Waals surface area contributed by atoms with Crippen LogP contribution in [-0.2, 0) is 25.4 Å². The molecule has 0 amide bonds. The lowest BCUT2D eigenvalue weighted by molar-refractivity contribution is -0.281. The minimum Gasteiger partial charge on any atom is -0.352 e. The van der Waals surface area contributed by atoms with Gasteiger partial charge in [-0.3, -0.25) is 0 Å². The predicted molar refractivity (Wildman–Crippen MR) is 92.6 cm³/mol. The van der Waals surface area contributed by atoms with E-state index in [1.807, 2.05) is 0 Å². The lowest BCUT2D eigenvalue weighted by atomic mass is 10.0. The van der Waals surface area contributed by atoms with Crippen LogP contribution in [0.5, 0.6) is 0 Å². The van der Waals surface area contributed by atoms with Crippen molar-refractivity contribution in [3.8, 4) is 0 Å². The Morgan fingerprint density at radius 2 is 1.65 bits per heavy atom. The summed E-state index contributed by atoms with van der Waals surface area (Å²) in [5.74, 6) is -1.09. The zero-order chi connectivity index (χ0) is 18.4. The molecule has 4 nitrogen and oxygen atoms in total. The Morgan fingerprint density at radius 1 is 0.923 bits per heavy atom. The smallest absolute Gasteiger partial charge is 0.164 e. The molecule has 6 heteroatoms. The highest BCUT2D eigenvalue weighted by atomic mass is 19.2. The van der Waals surface area contributed by atoms with E-state index in [4.69, 9.17) is 18.9 Å². The van der Waals surface area contributed by atoms with Crippen molar-refractivity contribution in [1.82, 2.24) is 0 Å². The van der Waals surface area contributed by atoms with Crippen molar-refractivity contribution in [3.05, 3.63) is 35.4 Å². The Labute approximate surface area is 153 Å². The molecular weight excluding hydrogens is 342 g/mol. The third-order valence-electron chi connectivity index (χ3n) is 4.99. The van der Waals surface area contributed by atoms with Gasteiger partial charge in [0, 0.05) is 12.3 Å². The van der Waals surface area contributed by atoms with Gasteiger partial charge in [0.15, 0.2) is 24.2 Å². The van der Waals surface area contributed by atoms with Gasteiger partial charge in [-0.1, -0.05) is 25.8 Å². The summed E-state index contributed by atoms with van der Waals surface area (Å²) in [6.45, 7) is 4.70. The highest BCUT2D eigenvalue weighted by molar-refractivity contribution is 5.17. The molecule has 0 spiro atoms. The fourth-order valence-electron chi connectivity index (χ4n) is 3.35. The number of hydrogen-bond donors (Lipinski definition) is 0. The van der Waals surface area contributed by atoms with E-state index in [1.165, 1.54) is 18.9 Å². The first kappa shape index (κ1) is 19.7. The van der Waals surface area contributed by atoms with E-state index in [9.17, 15) is 8.78 Å². The normalized spacial score (nSPS) is 29.7. The van der Waals surface area contributed by atoms with Crippen LogP contribution in [0.4, 0.5) is 8.78 Å². The van der Waals surface area contributed by atoms with E-state index < -0.39 is 11.6 Å². The zero-order valence-corrected chi connectivity index (χ0v) is 15.3. The fraction of sp³-hybridized carbons (Fsp3) is 0.700. The minimum absolute atomic E-state index is 0.0710. The van der Waals surface area contributed by atoms with Crippen LogP contribution in [-0.4, -0.2) is 39.0 Å². The largest absolute Gasteiger partial charge is 0.352 e. The number of aryl methyl sites for hydroxylation is 1. The first-order valence-corrected chi connectivity index (χ1v) is 9.56. The van der Waals surface area contributed by atoms with Crippen LogP contribution < -0.4 is 0 Å². The molecule has 0 N–H and O–H groups in total. The Hall–Kier alpha value is -1.08. The molecule has 26 heavy (non-hydrogen) atoms. The molecule has 0 bridgehead atoms. The van der Waals surface area contributed by atoms with E-state index in [2.05, 4.69) is 6.92 Å². The second kappa shape index (κ2) is 9.74. The summed E-state index contributed by atoms with van der Waals surface area (Å²) in [5.41, 5.74) is 0.732. The predicted octanol–water partition coefficient (Wildman–Crippen LogP) is 4.07. The molecule has 2 aliphatic heterocycles. The lowest BCUT2D eigenvalue weighted by Gasteiger charge is -2.37. The monoisotopic (exact) mass is 370 g/mol. The molecule has 2 fully saturated rings. The maximum atomic E-state index is 13.2. The molecule has 3 rings (SSSR count). The van der Waals surface area contributed by atoms with Gasteiger partial charge in [-0.05, 0) is 30.5 Å². The van der Waals surface area contributed by atoms with E-state index >= 15 is 0 Å². The number of ether oxygens (including phenoxy) is 4. The molecule has 1 aromatic rings. The maximum Gasteiger partial charge on any atom is 0.164 e. The maximum absolute atomic E-state index is 13.2. The third-order valence-corrected chi connectivity index (χ3v) is 4.99. The molecule has 146 valence electrons. The van der Waals surface area contributed by atoms with Gasteiger partial charge in [0.05, 0.1) is 32.3 Å². The van der Waals surface area contributed by atoms with Crippen LogP contribution in [0.3, 0.4) is 0 Å². The van der Waals surface area contributed by atoms with Crippen LogP contribution in [0.1, 0.15) is 38.2 Å². The average Bonchev–Trinajstić information content (AvgIpc) is 2.68. The van der Waals surface area contributed by atoms with Crippen LogP contribution in [0.15, 0.2) is 18.2 Å². The van der Waals surface area contributed by atoms with E-state index in [0.717, 1.165) is 31.3 Å². The molecule has 1 aromatic carbocycles. The van der Waals surface area contributed by atoms with Gasteiger partial charge in [0.25, 0.3) is 0 Å². The standard InChI is InChI=1S/C20H28F2O4/c1-2-3-4-15-10-25-20(26-11-15)16-12-23-19(24-13-16)8-6-14-5-7-17(21)18(22)9-14/h5,7,9,15-16,19-20H,2-4,6,8,10-13H2,1H3/t15-,16-,19-,20-. The summed E-state index contributed by atoms with van der Waals surface area (Å²) >= 11 is 0. The summed E-state index contributed by atoms with van der Waals surface area (Å²) in [5, 5.41) is 0. The molecule has 0 saturated carbocycles. The number of unbranched alkanes of at least 4 members (excludes halogenated alkanes) is 1. The minimum atomic E-state index is -0.828. The fourth-order valence-corrected chi connectivity index (χ4v) is 3.35. The molecule has 2 aliphatic rings. The van der Waals surface area contributed by atoms with Gasteiger partial charge >= 0.3 is 0 Å². The van der Waals surface area contributed by atoms with Gasteiger partial charge in [-0.2, -0.15) is 0 Å². The Bertz CT molecular complexity index is 553. The van der Waals surface area contributed by atoms with Crippen LogP contribution in [0.25, 0.3) is 0 Å². The van der Waals surface area contributed by atoms with Gasteiger partial charge < -0.3 is 18.9 Å². The Balaban J connectivity index is 1.36. The van der Waals surface area contributed by atoms with Gasteiger partial charge in [-0.25, -0.2) is 8.78 Å². The second-order valence-electron chi connectivity index (χ2n) is 7.19. The van der Waals surface area contributed by atoms with Crippen LogP contribution in [0.2, 0.25) is 0 Å². The van der Waals surface area contributed by atoms with Gasteiger partial charge in [0.2, 0.25) is 0 Å². The molecule has 2 heterocycles.